The van der Waals surface area contributed by atoms with E-state index in [0.29, 0.717) is 28.5 Å². The molecule has 2 saturated carbocycles. The summed E-state index contributed by atoms with van der Waals surface area (Å²) in [6, 6.07) is 42.2. The Bertz CT molecular complexity index is 2140. The Morgan fingerprint density at radius 2 is 1.38 bits per heavy atom. The zero-order valence-electron chi connectivity index (χ0n) is 27.7. The van der Waals surface area contributed by atoms with Crippen LogP contribution in [0.25, 0.3) is 56.1 Å². The molecule has 0 radical (unpaired) electrons. The molecule has 5 aromatic carbocycles. The Morgan fingerprint density at radius 1 is 0.667 bits per heavy atom. The summed E-state index contributed by atoms with van der Waals surface area (Å²) in [4.78, 5) is 15.3. The third-order valence-corrected chi connectivity index (χ3v) is 11.0. The molecule has 0 amide bonds. The fourth-order valence-corrected chi connectivity index (χ4v) is 8.97. The number of hydrogen-bond acceptors (Lipinski definition) is 4. The van der Waals surface area contributed by atoms with Gasteiger partial charge in [-0.2, -0.15) is 5.26 Å². The topological polar surface area (TPSA) is 62.5 Å². The smallest absolute Gasteiger partial charge is 0.164 e. The average molecular weight is 625 g/mol. The Balaban J connectivity index is 1.23. The molecule has 2 aliphatic carbocycles. The molecule has 0 N–H and O–H groups in total. The molecule has 4 atom stereocenters. The van der Waals surface area contributed by atoms with E-state index >= 15 is 0 Å². The highest BCUT2D eigenvalue weighted by Crippen LogP contribution is 2.55. The van der Waals surface area contributed by atoms with Crippen LogP contribution in [-0.4, -0.2) is 15.0 Å². The summed E-state index contributed by atoms with van der Waals surface area (Å²) >= 11 is 0. The monoisotopic (exact) mass is 624 g/mol. The van der Waals surface area contributed by atoms with Crippen LogP contribution in [0.1, 0.15) is 63.5 Å². The fourth-order valence-electron chi connectivity index (χ4n) is 8.97. The van der Waals surface area contributed by atoms with Crippen LogP contribution < -0.4 is 0 Å². The van der Waals surface area contributed by atoms with Gasteiger partial charge in [-0.05, 0) is 94.9 Å². The van der Waals surface area contributed by atoms with Crippen LogP contribution in [0.4, 0.5) is 0 Å². The lowest BCUT2D eigenvalue weighted by atomic mass is 9.54. The molecule has 236 valence electrons. The van der Waals surface area contributed by atoms with Gasteiger partial charge in [0.1, 0.15) is 0 Å². The second-order valence-electron chi connectivity index (χ2n) is 14.3. The predicted octanol–water partition coefficient (Wildman–Crippen LogP) is 11.1. The lowest BCUT2D eigenvalue weighted by Crippen LogP contribution is -2.42. The second kappa shape index (κ2) is 12.5. The van der Waals surface area contributed by atoms with Gasteiger partial charge in [-0.15, -0.1) is 0 Å². The van der Waals surface area contributed by atoms with Crippen molar-refractivity contribution < 1.29 is 0 Å². The molecular formula is C44H40N4. The van der Waals surface area contributed by atoms with Gasteiger partial charge < -0.3 is 0 Å². The minimum absolute atomic E-state index is 0.305. The summed E-state index contributed by atoms with van der Waals surface area (Å²) in [5, 5.41) is 11.5. The average Bonchev–Trinajstić information content (AvgIpc) is 3.14. The summed E-state index contributed by atoms with van der Waals surface area (Å²) in [7, 11) is 0. The molecule has 2 aliphatic rings. The van der Waals surface area contributed by atoms with Crippen LogP contribution in [-0.2, 0) is 5.41 Å². The third kappa shape index (κ3) is 5.58. The number of nitrogens with zero attached hydrogens (tertiary/aromatic N) is 4. The van der Waals surface area contributed by atoms with Crippen molar-refractivity contribution in [3.8, 4) is 51.4 Å². The standard InChI is InChI=1S/C44H40N4/c1-3-30-23-32-22-29(2)25-44(26-30,27-32)36-19-17-33(18-20-36)37-13-7-8-14-39(37)42-46-41(34-10-5-4-6-11-34)47-43(48-42)40-15-9-12-35-24-31(28-45)16-21-38(35)40/h4-21,24,29-30,32H,3,22-23,25-27H2,1-2H3/t29-,30+,32-,44?/m1/s1. The summed E-state index contributed by atoms with van der Waals surface area (Å²) < 4.78 is 0. The molecule has 6 aromatic rings. The van der Waals surface area contributed by atoms with Gasteiger partial charge in [-0.1, -0.05) is 123 Å². The normalized spacial score (nSPS) is 21.9. The highest BCUT2D eigenvalue weighted by molar-refractivity contribution is 5.96. The van der Waals surface area contributed by atoms with Gasteiger partial charge in [-0.3, -0.25) is 0 Å². The highest BCUT2D eigenvalue weighted by Gasteiger charge is 2.45. The molecule has 0 aliphatic heterocycles. The van der Waals surface area contributed by atoms with E-state index in [1.165, 1.54) is 49.7 Å². The lowest BCUT2D eigenvalue weighted by molar-refractivity contribution is 0.0702. The Labute approximate surface area is 283 Å². The highest BCUT2D eigenvalue weighted by atomic mass is 15.0. The van der Waals surface area contributed by atoms with Gasteiger partial charge in [0.05, 0.1) is 11.6 Å². The Hall–Kier alpha value is -5.14. The molecule has 1 unspecified atom stereocenters. The maximum Gasteiger partial charge on any atom is 0.164 e. The molecule has 4 nitrogen and oxygen atoms in total. The number of benzene rings is 5. The number of rotatable bonds is 6. The largest absolute Gasteiger partial charge is 0.208 e. The summed E-state index contributed by atoms with van der Waals surface area (Å²) in [5.41, 5.74) is 7.57. The van der Waals surface area contributed by atoms with E-state index in [-0.39, 0.29) is 0 Å². The number of nitriles is 1. The van der Waals surface area contributed by atoms with Crippen molar-refractivity contribution in [1.82, 2.24) is 15.0 Å². The van der Waals surface area contributed by atoms with E-state index < -0.39 is 0 Å². The van der Waals surface area contributed by atoms with Crippen molar-refractivity contribution in [3.63, 3.8) is 0 Å². The molecule has 48 heavy (non-hydrogen) atoms. The van der Waals surface area contributed by atoms with E-state index in [4.69, 9.17) is 15.0 Å². The first-order valence-corrected chi connectivity index (χ1v) is 17.5. The van der Waals surface area contributed by atoms with Crippen molar-refractivity contribution in [2.45, 2.75) is 57.8 Å². The van der Waals surface area contributed by atoms with Crippen molar-refractivity contribution in [2.24, 2.45) is 17.8 Å². The molecule has 4 heteroatoms. The summed E-state index contributed by atoms with van der Waals surface area (Å²) in [6.07, 6.45) is 8.05. The van der Waals surface area contributed by atoms with Crippen LogP contribution >= 0.6 is 0 Å². The van der Waals surface area contributed by atoms with Crippen molar-refractivity contribution >= 4 is 10.8 Å². The summed E-state index contributed by atoms with van der Waals surface area (Å²) in [6.45, 7) is 4.84. The zero-order valence-corrected chi connectivity index (χ0v) is 27.7. The van der Waals surface area contributed by atoms with Crippen LogP contribution in [0, 0.1) is 29.1 Å². The second-order valence-corrected chi connectivity index (χ2v) is 14.3. The minimum Gasteiger partial charge on any atom is -0.208 e. The molecule has 2 fully saturated rings. The predicted molar refractivity (Wildman–Crippen MR) is 195 cm³/mol. The SMILES string of the molecule is CC[C@H]1C[C@H]2C[C@@H](C)CC(c3ccc(-c4ccccc4-c4nc(-c5ccccc5)nc(-c5cccc6cc(C#N)ccc56)n4)cc3)(C2)C1. The molecule has 8 rings (SSSR count). The van der Waals surface area contributed by atoms with Gasteiger partial charge in [-0.25, -0.2) is 15.0 Å². The van der Waals surface area contributed by atoms with Gasteiger partial charge in [0.15, 0.2) is 17.5 Å². The van der Waals surface area contributed by atoms with Crippen LogP contribution in [0.15, 0.2) is 115 Å². The van der Waals surface area contributed by atoms with Gasteiger partial charge >= 0.3 is 0 Å². The quantitative estimate of drug-likeness (QED) is 0.185. The lowest BCUT2D eigenvalue weighted by Gasteiger charge is -2.51. The minimum atomic E-state index is 0.305. The van der Waals surface area contributed by atoms with Gasteiger partial charge in [0, 0.05) is 16.7 Å². The molecule has 1 heterocycles. The van der Waals surface area contributed by atoms with E-state index in [2.05, 4.69) is 74.5 Å². The Morgan fingerprint density at radius 3 is 2.15 bits per heavy atom. The molecular weight excluding hydrogens is 585 g/mol. The van der Waals surface area contributed by atoms with E-state index in [0.717, 1.165) is 50.8 Å². The fraction of sp³-hybridized carbons (Fsp3) is 0.273. The van der Waals surface area contributed by atoms with Crippen molar-refractivity contribution in [3.05, 3.63) is 126 Å². The maximum absolute atomic E-state index is 9.50. The van der Waals surface area contributed by atoms with E-state index in [1.807, 2.05) is 60.7 Å². The number of aromatic nitrogens is 3. The number of fused-ring (bicyclic) bond motifs is 3. The van der Waals surface area contributed by atoms with Gasteiger partial charge in [0.2, 0.25) is 0 Å². The first-order valence-electron chi connectivity index (χ1n) is 17.5. The first kappa shape index (κ1) is 30.2. The molecule has 0 spiro atoms. The van der Waals surface area contributed by atoms with Gasteiger partial charge in [0.25, 0.3) is 0 Å². The van der Waals surface area contributed by atoms with Crippen LogP contribution in [0.2, 0.25) is 0 Å². The van der Waals surface area contributed by atoms with E-state index in [9.17, 15) is 5.26 Å². The van der Waals surface area contributed by atoms with E-state index in [1.54, 1.807) is 0 Å². The zero-order chi connectivity index (χ0) is 32.7. The number of hydrogen-bond donors (Lipinski definition) is 0. The van der Waals surface area contributed by atoms with Crippen LogP contribution in [0.3, 0.4) is 0 Å². The summed E-state index contributed by atoms with van der Waals surface area (Å²) in [5.74, 6) is 4.37. The van der Waals surface area contributed by atoms with Crippen molar-refractivity contribution in [1.29, 1.82) is 5.26 Å². The van der Waals surface area contributed by atoms with Crippen molar-refractivity contribution in [2.75, 3.05) is 0 Å². The Kier molecular flexibility index (Phi) is 7.85. The third-order valence-electron chi connectivity index (χ3n) is 11.0. The maximum atomic E-state index is 9.50. The molecule has 0 saturated heterocycles. The molecule has 2 bridgehead atoms. The molecule has 1 aromatic heterocycles. The van der Waals surface area contributed by atoms with Crippen LogP contribution in [0.5, 0.6) is 0 Å². The first-order chi connectivity index (χ1) is 23.5.